The average Bonchev–Trinajstić information content (AvgIpc) is 3.16. The molecular formula is C25H34N2O4. The number of carbonyl (C=O) groups excluding carboxylic acids is 1. The molecule has 6 heteroatoms. The molecule has 1 aliphatic heterocycles. The van der Waals surface area contributed by atoms with E-state index in [9.17, 15) is 9.90 Å². The van der Waals surface area contributed by atoms with E-state index in [-0.39, 0.29) is 6.10 Å². The summed E-state index contributed by atoms with van der Waals surface area (Å²) < 4.78 is 11.7. The average molecular weight is 427 g/mol. The fourth-order valence-electron chi connectivity index (χ4n) is 3.88. The summed E-state index contributed by atoms with van der Waals surface area (Å²) in [6.45, 7) is 6.30. The highest BCUT2D eigenvalue weighted by molar-refractivity contribution is 5.69. The van der Waals surface area contributed by atoms with Gasteiger partial charge in [0.25, 0.3) is 0 Å². The zero-order valence-electron chi connectivity index (χ0n) is 18.6. The zero-order valence-corrected chi connectivity index (χ0v) is 18.6. The van der Waals surface area contributed by atoms with Gasteiger partial charge < -0.3 is 20.3 Å². The monoisotopic (exact) mass is 426 g/mol. The Hall–Kier alpha value is -2.41. The standard InChI is InChI=1S/C25H34N2O4/c1-25(2,3)31-24(29)27-16-20(30-17-19-12-8-5-9-13-19)15-22(27)23(28)21(26)14-18-10-6-4-7-11-18/h4-13,20-23,28H,14-17,26H2,1-3H3. The summed E-state index contributed by atoms with van der Waals surface area (Å²) >= 11 is 0. The van der Waals surface area contributed by atoms with Gasteiger partial charge in [-0.1, -0.05) is 60.7 Å². The largest absolute Gasteiger partial charge is 0.444 e. The van der Waals surface area contributed by atoms with Crippen molar-refractivity contribution in [1.29, 1.82) is 0 Å². The first-order valence-corrected chi connectivity index (χ1v) is 10.9. The van der Waals surface area contributed by atoms with E-state index in [0.29, 0.717) is 26.0 Å². The lowest BCUT2D eigenvalue weighted by molar-refractivity contribution is -0.000334. The highest BCUT2D eigenvalue weighted by atomic mass is 16.6. The van der Waals surface area contributed by atoms with Crippen LogP contribution in [0.15, 0.2) is 60.7 Å². The lowest BCUT2D eigenvalue weighted by atomic mass is 9.95. The Kier molecular flexibility index (Phi) is 7.70. The van der Waals surface area contributed by atoms with Crippen molar-refractivity contribution in [1.82, 2.24) is 4.90 Å². The number of likely N-dealkylation sites (tertiary alicyclic amines) is 1. The molecule has 1 amide bonds. The van der Waals surface area contributed by atoms with E-state index in [2.05, 4.69) is 0 Å². The third kappa shape index (κ3) is 6.79. The van der Waals surface area contributed by atoms with Gasteiger partial charge in [-0.15, -0.1) is 0 Å². The lowest BCUT2D eigenvalue weighted by Gasteiger charge is -2.33. The normalized spacial score (nSPS) is 21.0. The first-order chi connectivity index (χ1) is 14.7. The summed E-state index contributed by atoms with van der Waals surface area (Å²) in [7, 11) is 0. The van der Waals surface area contributed by atoms with Gasteiger partial charge in [0.1, 0.15) is 5.60 Å². The molecule has 6 nitrogen and oxygen atoms in total. The molecule has 0 aromatic heterocycles. The second-order valence-corrected chi connectivity index (χ2v) is 9.20. The summed E-state index contributed by atoms with van der Waals surface area (Å²) in [4.78, 5) is 14.5. The molecule has 0 bridgehead atoms. The SMILES string of the molecule is CC(C)(C)OC(=O)N1CC(OCc2ccccc2)CC1C(O)C(N)Cc1ccccc1. The van der Waals surface area contributed by atoms with Crippen molar-refractivity contribution in [3.63, 3.8) is 0 Å². The first kappa shape index (κ1) is 23.3. The number of carbonyl (C=O) groups is 1. The topological polar surface area (TPSA) is 85.0 Å². The minimum Gasteiger partial charge on any atom is -0.444 e. The highest BCUT2D eigenvalue weighted by Gasteiger charge is 2.43. The summed E-state index contributed by atoms with van der Waals surface area (Å²) in [6, 6.07) is 18.7. The number of nitrogens with two attached hydrogens (primary N) is 1. The van der Waals surface area contributed by atoms with Crippen LogP contribution in [0, 0.1) is 0 Å². The Morgan fingerprint density at radius 3 is 2.26 bits per heavy atom. The molecule has 1 aliphatic rings. The van der Waals surface area contributed by atoms with Crippen LogP contribution in [0.25, 0.3) is 0 Å². The van der Waals surface area contributed by atoms with Crippen LogP contribution in [0.4, 0.5) is 4.79 Å². The predicted molar refractivity (Wildman–Crippen MR) is 120 cm³/mol. The van der Waals surface area contributed by atoms with Crippen LogP contribution in [0.2, 0.25) is 0 Å². The Morgan fingerprint density at radius 1 is 1.10 bits per heavy atom. The van der Waals surface area contributed by atoms with Crippen molar-refractivity contribution >= 4 is 6.09 Å². The maximum absolute atomic E-state index is 12.9. The van der Waals surface area contributed by atoms with Crippen molar-refractivity contribution in [2.45, 2.75) is 70.1 Å². The number of amides is 1. The van der Waals surface area contributed by atoms with Crippen molar-refractivity contribution in [3.8, 4) is 0 Å². The van der Waals surface area contributed by atoms with Crippen LogP contribution in [-0.2, 0) is 22.5 Å². The third-order valence-electron chi connectivity index (χ3n) is 5.41. The molecule has 1 heterocycles. The van der Waals surface area contributed by atoms with Gasteiger partial charge in [-0.25, -0.2) is 4.79 Å². The van der Waals surface area contributed by atoms with E-state index in [1.54, 1.807) is 4.90 Å². The number of ether oxygens (including phenoxy) is 2. The van der Waals surface area contributed by atoms with E-state index < -0.39 is 29.9 Å². The Balaban J connectivity index is 1.69. The molecule has 0 aliphatic carbocycles. The minimum absolute atomic E-state index is 0.198. The van der Waals surface area contributed by atoms with Crippen LogP contribution in [0.5, 0.6) is 0 Å². The quantitative estimate of drug-likeness (QED) is 0.708. The molecule has 4 unspecified atom stereocenters. The molecule has 31 heavy (non-hydrogen) atoms. The maximum atomic E-state index is 12.9. The van der Waals surface area contributed by atoms with Crippen LogP contribution in [0.3, 0.4) is 0 Å². The number of nitrogens with zero attached hydrogens (tertiary/aromatic N) is 1. The van der Waals surface area contributed by atoms with Crippen molar-refractivity contribution in [2.75, 3.05) is 6.54 Å². The van der Waals surface area contributed by atoms with Gasteiger partial charge in [-0.3, -0.25) is 4.90 Å². The van der Waals surface area contributed by atoms with Crippen LogP contribution in [0.1, 0.15) is 38.3 Å². The summed E-state index contributed by atoms with van der Waals surface area (Å²) in [5, 5.41) is 11.1. The zero-order chi connectivity index (χ0) is 22.4. The predicted octanol–water partition coefficient (Wildman–Crippen LogP) is 3.51. The Bertz CT molecular complexity index is 822. The molecule has 2 aromatic carbocycles. The number of aliphatic hydroxyl groups excluding tert-OH is 1. The van der Waals surface area contributed by atoms with Gasteiger partial charge in [0.2, 0.25) is 0 Å². The molecule has 4 atom stereocenters. The molecule has 0 spiro atoms. The molecule has 1 fully saturated rings. The fourth-order valence-corrected chi connectivity index (χ4v) is 3.88. The molecule has 3 N–H and O–H groups in total. The molecular weight excluding hydrogens is 392 g/mol. The van der Waals surface area contributed by atoms with Crippen molar-refractivity contribution < 1.29 is 19.4 Å². The van der Waals surface area contributed by atoms with Gasteiger partial charge in [0.05, 0.1) is 31.4 Å². The lowest BCUT2D eigenvalue weighted by Crippen LogP contribution is -2.52. The van der Waals surface area contributed by atoms with Crippen molar-refractivity contribution in [2.24, 2.45) is 5.73 Å². The Morgan fingerprint density at radius 2 is 1.68 bits per heavy atom. The van der Waals surface area contributed by atoms with Gasteiger partial charge in [0.15, 0.2) is 0 Å². The molecule has 168 valence electrons. The molecule has 0 saturated carbocycles. The minimum atomic E-state index is -0.891. The van der Waals surface area contributed by atoms with E-state index in [1.807, 2.05) is 81.4 Å². The van der Waals surface area contributed by atoms with Crippen LogP contribution < -0.4 is 5.73 Å². The summed E-state index contributed by atoms with van der Waals surface area (Å²) in [5.41, 5.74) is 7.85. The van der Waals surface area contributed by atoms with E-state index in [1.165, 1.54) is 0 Å². The summed E-state index contributed by atoms with van der Waals surface area (Å²) in [6.07, 6.45) is -0.505. The molecule has 2 aromatic rings. The summed E-state index contributed by atoms with van der Waals surface area (Å²) in [5.74, 6) is 0. The molecule has 1 saturated heterocycles. The number of hydrogen-bond acceptors (Lipinski definition) is 5. The number of hydrogen-bond donors (Lipinski definition) is 2. The fraction of sp³-hybridized carbons (Fsp3) is 0.480. The second-order valence-electron chi connectivity index (χ2n) is 9.20. The van der Waals surface area contributed by atoms with Crippen LogP contribution in [-0.4, -0.2) is 52.5 Å². The molecule has 0 radical (unpaired) electrons. The first-order valence-electron chi connectivity index (χ1n) is 10.9. The van der Waals surface area contributed by atoms with Crippen molar-refractivity contribution in [3.05, 3.63) is 71.8 Å². The van der Waals surface area contributed by atoms with Gasteiger partial charge >= 0.3 is 6.09 Å². The number of rotatable bonds is 7. The van der Waals surface area contributed by atoms with Gasteiger partial charge in [-0.2, -0.15) is 0 Å². The van der Waals surface area contributed by atoms with E-state index in [0.717, 1.165) is 11.1 Å². The second kappa shape index (κ2) is 10.3. The molecule has 3 rings (SSSR count). The number of aliphatic hydroxyl groups is 1. The van der Waals surface area contributed by atoms with Gasteiger partial charge in [0, 0.05) is 6.04 Å². The highest BCUT2D eigenvalue weighted by Crippen LogP contribution is 2.27. The number of benzene rings is 2. The third-order valence-corrected chi connectivity index (χ3v) is 5.41. The maximum Gasteiger partial charge on any atom is 0.410 e. The smallest absolute Gasteiger partial charge is 0.410 e. The Labute approximate surface area is 185 Å². The van der Waals surface area contributed by atoms with E-state index in [4.69, 9.17) is 15.2 Å². The van der Waals surface area contributed by atoms with Gasteiger partial charge in [-0.05, 0) is 44.7 Å². The van der Waals surface area contributed by atoms with Crippen LogP contribution >= 0.6 is 0 Å². The van der Waals surface area contributed by atoms with E-state index >= 15 is 0 Å².